The number of aromatic hydroxyl groups is 1. The number of nitrogens with one attached hydrogen (secondary N) is 1. The fourth-order valence-electron chi connectivity index (χ4n) is 3.30. The molecule has 0 aliphatic rings. The number of aliphatic hydroxyl groups excluding tert-OH is 1. The van der Waals surface area contributed by atoms with E-state index in [1.807, 2.05) is 12.1 Å². The molecule has 3 rings (SSSR count). The van der Waals surface area contributed by atoms with Crippen LogP contribution in [0.4, 0.5) is 11.5 Å². The van der Waals surface area contributed by atoms with Crippen molar-refractivity contribution in [3.8, 4) is 11.5 Å². The van der Waals surface area contributed by atoms with E-state index in [-0.39, 0.29) is 12.4 Å². The largest absolute Gasteiger partial charge is 0.504 e. The number of phenolic OH excluding ortho intramolecular Hbond substituents is 1. The number of aliphatic hydroxyl groups is 1. The quantitative estimate of drug-likeness (QED) is 0.354. The van der Waals surface area contributed by atoms with E-state index in [9.17, 15) is 5.11 Å². The Balaban J connectivity index is 1.81. The van der Waals surface area contributed by atoms with Crippen molar-refractivity contribution < 1.29 is 14.9 Å². The zero-order valence-corrected chi connectivity index (χ0v) is 18.1. The van der Waals surface area contributed by atoms with E-state index in [0.29, 0.717) is 17.1 Å². The van der Waals surface area contributed by atoms with E-state index in [1.165, 1.54) is 19.0 Å². The molecule has 29 heavy (non-hydrogen) atoms. The van der Waals surface area contributed by atoms with Crippen molar-refractivity contribution in [2.24, 2.45) is 0 Å². The lowest BCUT2D eigenvalue weighted by atomic mass is 10.0. The van der Waals surface area contributed by atoms with Crippen LogP contribution in [0.25, 0.3) is 10.9 Å². The van der Waals surface area contributed by atoms with Crippen LogP contribution >= 0.6 is 15.9 Å². The molecule has 0 radical (unpaired) electrons. The summed E-state index contributed by atoms with van der Waals surface area (Å²) in [5.74, 6) is 1.07. The Bertz CT molecular complexity index is 965. The van der Waals surface area contributed by atoms with Crippen LogP contribution < -0.4 is 10.1 Å². The highest BCUT2D eigenvalue weighted by molar-refractivity contribution is 9.10. The maximum atomic E-state index is 10.2. The highest BCUT2D eigenvalue weighted by Gasteiger charge is 2.12. The number of ether oxygens (including phenoxy) is 1. The Hall–Kier alpha value is -2.38. The van der Waals surface area contributed by atoms with Gasteiger partial charge in [0.25, 0.3) is 0 Å². The summed E-state index contributed by atoms with van der Waals surface area (Å²) in [5.41, 5.74) is 2.88. The third-order valence-corrected chi connectivity index (χ3v) is 5.36. The first-order valence-electron chi connectivity index (χ1n) is 9.80. The standard InChI is InChI=1S/C22H26BrN3O3/c1-29-21-13-19-17(12-20(21)28)22(25-14-24-19)26-18-11-16(23)9-8-15(18)7-5-3-2-4-6-10-27/h8-9,11-14,27-28H,2-7,10H2,1H3,(H,24,25,26). The van der Waals surface area contributed by atoms with Gasteiger partial charge in [-0.15, -0.1) is 0 Å². The highest BCUT2D eigenvalue weighted by atomic mass is 79.9. The van der Waals surface area contributed by atoms with Crippen molar-refractivity contribution in [2.45, 2.75) is 38.5 Å². The first-order chi connectivity index (χ1) is 14.1. The molecule has 0 saturated carbocycles. The number of benzene rings is 2. The second kappa shape index (κ2) is 10.4. The second-order valence-electron chi connectivity index (χ2n) is 6.93. The molecule has 0 aliphatic carbocycles. The number of hydrogen-bond acceptors (Lipinski definition) is 6. The van der Waals surface area contributed by atoms with Crippen LogP contribution in [0.5, 0.6) is 11.5 Å². The minimum atomic E-state index is 0.0511. The maximum Gasteiger partial charge on any atom is 0.162 e. The molecule has 0 bridgehead atoms. The van der Waals surface area contributed by atoms with E-state index in [4.69, 9.17) is 9.84 Å². The molecule has 0 spiro atoms. The van der Waals surface area contributed by atoms with Gasteiger partial charge < -0.3 is 20.3 Å². The first kappa shape index (κ1) is 21.3. The Morgan fingerprint density at radius 2 is 1.83 bits per heavy atom. The summed E-state index contributed by atoms with van der Waals surface area (Å²) in [7, 11) is 1.51. The normalized spacial score (nSPS) is 11.0. The average Bonchev–Trinajstić information content (AvgIpc) is 2.72. The van der Waals surface area contributed by atoms with Gasteiger partial charge in [-0.3, -0.25) is 0 Å². The van der Waals surface area contributed by atoms with Crippen LogP contribution in [0.1, 0.15) is 37.7 Å². The van der Waals surface area contributed by atoms with E-state index >= 15 is 0 Å². The third kappa shape index (κ3) is 5.58. The van der Waals surface area contributed by atoms with E-state index < -0.39 is 0 Å². The average molecular weight is 460 g/mol. The van der Waals surface area contributed by atoms with Crippen LogP contribution in [0, 0.1) is 0 Å². The van der Waals surface area contributed by atoms with Crippen molar-refractivity contribution in [2.75, 3.05) is 19.0 Å². The summed E-state index contributed by atoms with van der Waals surface area (Å²) in [5, 5.41) is 23.2. The molecule has 2 aromatic carbocycles. The van der Waals surface area contributed by atoms with Crippen LogP contribution in [-0.4, -0.2) is 33.9 Å². The van der Waals surface area contributed by atoms with Gasteiger partial charge in [0, 0.05) is 28.2 Å². The van der Waals surface area contributed by atoms with Crippen LogP contribution in [0.2, 0.25) is 0 Å². The number of anilines is 2. The predicted molar refractivity (Wildman–Crippen MR) is 119 cm³/mol. The molecule has 6 nitrogen and oxygen atoms in total. The fourth-order valence-corrected chi connectivity index (χ4v) is 3.66. The van der Waals surface area contributed by atoms with Gasteiger partial charge in [-0.1, -0.05) is 41.3 Å². The van der Waals surface area contributed by atoms with Crippen molar-refractivity contribution in [3.05, 3.63) is 46.7 Å². The molecule has 0 fully saturated rings. The van der Waals surface area contributed by atoms with Gasteiger partial charge in [0.05, 0.1) is 12.6 Å². The van der Waals surface area contributed by atoms with Crippen LogP contribution in [0.15, 0.2) is 41.1 Å². The van der Waals surface area contributed by atoms with Crippen molar-refractivity contribution in [1.29, 1.82) is 0 Å². The smallest absolute Gasteiger partial charge is 0.162 e. The summed E-state index contributed by atoms with van der Waals surface area (Å²) in [6.07, 6.45) is 7.77. The lowest BCUT2D eigenvalue weighted by Gasteiger charge is -2.14. The molecule has 0 aliphatic heterocycles. The number of rotatable bonds is 10. The molecule has 3 aromatic rings. The number of fused-ring (bicyclic) bond motifs is 1. The van der Waals surface area contributed by atoms with Gasteiger partial charge in [-0.05, 0) is 43.0 Å². The number of nitrogens with zero attached hydrogens (tertiary/aromatic N) is 2. The Kier molecular flexibility index (Phi) is 7.66. The van der Waals surface area contributed by atoms with Gasteiger partial charge in [0.1, 0.15) is 12.1 Å². The maximum absolute atomic E-state index is 10.2. The summed E-state index contributed by atoms with van der Waals surface area (Å²) in [6.45, 7) is 0.273. The Labute approximate surface area is 179 Å². The molecule has 154 valence electrons. The molecule has 1 aromatic heterocycles. The van der Waals surface area contributed by atoms with Gasteiger partial charge in [-0.2, -0.15) is 0 Å². The monoisotopic (exact) mass is 459 g/mol. The van der Waals surface area contributed by atoms with E-state index in [0.717, 1.165) is 54.1 Å². The van der Waals surface area contributed by atoms with E-state index in [2.05, 4.69) is 37.3 Å². The first-order valence-corrected chi connectivity index (χ1v) is 10.6. The van der Waals surface area contributed by atoms with Gasteiger partial charge in [-0.25, -0.2) is 9.97 Å². The Morgan fingerprint density at radius 1 is 1.03 bits per heavy atom. The summed E-state index contributed by atoms with van der Waals surface area (Å²) in [4.78, 5) is 8.68. The SMILES string of the molecule is COc1cc2ncnc(Nc3cc(Br)ccc3CCCCCCCO)c2cc1O. The number of halogens is 1. The lowest BCUT2D eigenvalue weighted by Crippen LogP contribution is -2.00. The molecule has 3 N–H and O–H groups in total. The van der Waals surface area contributed by atoms with Crippen molar-refractivity contribution >= 4 is 38.3 Å². The minimum Gasteiger partial charge on any atom is -0.504 e. The minimum absolute atomic E-state index is 0.0511. The summed E-state index contributed by atoms with van der Waals surface area (Å²) < 4.78 is 6.16. The summed E-state index contributed by atoms with van der Waals surface area (Å²) >= 11 is 3.55. The van der Waals surface area contributed by atoms with Crippen molar-refractivity contribution in [1.82, 2.24) is 9.97 Å². The van der Waals surface area contributed by atoms with Gasteiger partial charge >= 0.3 is 0 Å². The molecule has 0 amide bonds. The molecule has 0 unspecified atom stereocenters. The Morgan fingerprint density at radius 3 is 2.62 bits per heavy atom. The fraction of sp³-hybridized carbons (Fsp3) is 0.364. The molecular weight excluding hydrogens is 434 g/mol. The molecular formula is C22H26BrN3O3. The van der Waals surface area contributed by atoms with Crippen LogP contribution in [-0.2, 0) is 6.42 Å². The third-order valence-electron chi connectivity index (χ3n) is 4.87. The summed E-state index contributed by atoms with van der Waals surface area (Å²) in [6, 6.07) is 9.52. The second-order valence-corrected chi connectivity index (χ2v) is 7.85. The van der Waals surface area contributed by atoms with Gasteiger partial charge in [0.15, 0.2) is 11.5 Å². The molecule has 7 heteroatoms. The predicted octanol–water partition coefficient (Wildman–Crippen LogP) is 5.34. The van der Waals surface area contributed by atoms with Gasteiger partial charge in [0.2, 0.25) is 0 Å². The number of aryl methyl sites for hydroxylation is 1. The number of phenols is 1. The molecule has 0 saturated heterocycles. The van der Waals surface area contributed by atoms with E-state index in [1.54, 1.807) is 12.1 Å². The van der Waals surface area contributed by atoms with Crippen molar-refractivity contribution in [3.63, 3.8) is 0 Å². The molecule has 0 atom stereocenters. The molecule has 1 heterocycles. The number of unbranched alkanes of at least 4 members (excludes halogenated alkanes) is 4. The number of hydrogen-bond donors (Lipinski definition) is 3. The number of methoxy groups -OCH3 is 1. The lowest BCUT2D eigenvalue weighted by molar-refractivity contribution is 0.282. The number of aromatic nitrogens is 2. The zero-order chi connectivity index (χ0) is 20.6. The van der Waals surface area contributed by atoms with Crippen LogP contribution in [0.3, 0.4) is 0 Å². The topological polar surface area (TPSA) is 87.5 Å². The zero-order valence-electron chi connectivity index (χ0n) is 16.5. The highest BCUT2D eigenvalue weighted by Crippen LogP contribution is 2.34.